The maximum absolute atomic E-state index is 11.5. The first-order valence-electron chi connectivity index (χ1n) is 8.70. The Balaban J connectivity index is 1.85. The molecule has 0 aromatic heterocycles. The second-order valence-corrected chi connectivity index (χ2v) is 6.23. The average molecular weight is 382 g/mol. The number of ether oxygens (including phenoxy) is 1. The lowest BCUT2D eigenvalue weighted by atomic mass is 10.0. The molecule has 0 fully saturated rings. The number of halogens is 1. The van der Waals surface area contributed by atoms with Gasteiger partial charge < -0.3 is 4.74 Å². The van der Waals surface area contributed by atoms with Crippen molar-refractivity contribution in [1.82, 2.24) is 5.01 Å². The van der Waals surface area contributed by atoms with Crippen LogP contribution in [0, 0.1) is 0 Å². The number of allylic oxidation sites excluding steroid dienone is 1. The number of rotatable bonds is 6. The molecule has 0 amide bonds. The van der Waals surface area contributed by atoms with Crippen molar-refractivity contribution in [3.05, 3.63) is 76.8 Å². The van der Waals surface area contributed by atoms with E-state index in [9.17, 15) is 4.79 Å². The molecule has 27 heavy (non-hydrogen) atoms. The topological polar surface area (TPSA) is 54.3 Å². The van der Waals surface area contributed by atoms with Crippen LogP contribution >= 0.6 is 11.6 Å². The van der Waals surface area contributed by atoms with E-state index in [0.717, 1.165) is 22.5 Å². The molecule has 0 spiro atoms. The third-order valence-corrected chi connectivity index (χ3v) is 4.17. The lowest BCUT2D eigenvalue weighted by Crippen LogP contribution is -2.23. The number of hydrazone groups is 1. The first kappa shape index (κ1) is 18.9. The van der Waals surface area contributed by atoms with Crippen LogP contribution in [0.5, 0.6) is 0 Å². The molecular formula is C21H20ClN3O2. The predicted molar refractivity (Wildman–Crippen MR) is 109 cm³/mol. The van der Waals surface area contributed by atoms with Crippen LogP contribution in [-0.4, -0.2) is 36.2 Å². The van der Waals surface area contributed by atoms with Crippen LogP contribution in [-0.2, 0) is 9.53 Å². The molecule has 1 aliphatic heterocycles. The summed E-state index contributed by atoms with van der Waals surface area (Å²) in [6.07, 6.45) is 3.67. The van der Waals surface area contributed by atoms with Gasteiger partial charge in [-0.05, 0) is 36.3 Å². The van der Waals surface area contributed by atoms with Gasteiger partial charge in [-0.25, -0.2) is 5.01 Å². The Morgan fingerprint density at radius 3 is 2.63 bits per heavy atom. The minimum atomic E-state index is -0.297. The number of hydrogen-bond donors (Lipinski definition) is 0. The first-order valence-corrected chi connectivity index (χ1v) is 9.08. The van der Waals surface area contributed by atoms with E-state index in [1.54, 1.807) is 18.1 Å². The minimum absolute atomic E-state index is 0.125. The second kappa shape index (κ2) is 9.14. The van der Waals surface area contributed by atoms with Crippen molar-refractivity contribution in [3.8, 4) is 0 Å². The van der Waals surface area contributed by atoms with Gasteiger partial charge >= 0.3 is 5.97 Å². The maximum Gasteiger partial charge on any atom is 0.311 e. The number of carbonyl (C=O) groups is 1. The van der Waals surface area contributed by atoms with Crippen LogP contribution in [0.2, 0.25) is 5.02 Å². The van der Waals surface area contributed by atoms with Gasteiger partial charge in [0.15, 0.2) is 0 Å². The Morgan fingerprint density at radius 1 is 1.19 bits per heavy atom. The number of carbonyl (C=O) groups excluding carboxylic acids is 1. The van der Waals surface area contributed by atoms with Gasteiger partial charge in [0.1, 0.15) is 6.67 Å². The molecule has 0 aliphatic carbocycles. The van der Waals surface area contributed by atoms with Gasteiger partial charge in [-0.15, -0.1) is 0 Å². The molecule has 1 aliphatic rings. The van der Waals surface area contributed by atoms with Gasteiger partial charge in [0.2, 0.25) is 0 Å². The van der Waals surface area contributed by atoms with E-state index in [1.165, 1.54) is 0 Å². The Morgan fingerprint density at radius 2 is 1.93 bits per heavy atom. The van der Waals surface area contributed by atoms with Gasteiger partial charge in [0.25, 0.3) is 0 Å². The molecule has 0 bridgehead atoms. The zero-order chi connectivity index (χ0) is 19.1. The Labute approximate surface area is 163 Å². The van der Waals surface area contributed by atoms with Gasteiger partial charge in [0, 0.05) is 11.2 Å². The average Bonchev–Trinajstić information content (AvgIpc) is 2.70. The molecule has 0 radical (unpaired) electrons. The van der Waals surface area contributed by atoms with Crippen LogP contribution in [0.15, 0.2) is 70.8 Å². The van der Waals surface area contributed by atoms with E-state index in [4.69, 9.17) is 16.3 Å². The van der Waals surface area contributed by atoms with Gasteiger partial charge in [-0.1, -0.05) is 54.1 Å². The van der Waals surface area contributed by atoms with E-state index >= 15 is 0 Å². The normalized spacial score (nSPS) is 14.1. The third kappa shape index (κ3) is 5.05. The SMILES string of the molecule is CCOC(=O)C/C=N\N1CN=C(c2ccc(Cl)cc2)C=C1c1ccccc1. The molecule has 0 unspecified atom stereocenters. The highest BCUT2D eigenvalue weighted by Crippen LogP contribution is 2.24. The summed E-state index contributed by atoms with van der Waals surface area (Å²) in [6.45, 7) is 2.50. The fourth-order valence-corrected chi connectivity index (χ4v) is 2.76. The molecule has 6 heteroatoms. The molecule has 2 aromatic rings. The summed E-state index contributed by atoms with van der Waals surface area (Å²) < 4.78 is 4.93. The van der Waals surface area contributed by atoms with Gasteiger partial charge in [0.05, 0.1) is 24.4 Å². The number of aliphatic imine (C=N–C) groups is 1. The van der Waals surface area contributed by atoms with E-state index in [-0.39, 0.29) is 12.4 Å². The van der Waals surface area contributed by atoms with Gasteiger partial charge in [-0.2, -0.15) is 5.10 Å². The number of esters is 1. The fraction of sp³-hybridized carbons (Fsp3) is 0.190. The Bertz CT molecular complexity index is 874. The highest BCUT2D eigenvalue weighted by molar-refractivity contribution is 6.30. The molecule has 0 atom stereocenters. The third-order valence-electron chi connectivity index (χ3n) is 3.92. The van der Waals surface area contributed by atoms with Crippen molar-refractivity contribution in [2.75, 3.05) is 13.3 Å². The summed E-state index contributed by atoms with van der Waals surface area (Å²) in [4.78, 5) is 16.1. The highest BCUT2D eigenvalue weighted by Gasteiger charge is 2.17. The molecule has 3 rings (SSSR count). The van der Waals surface area contributed by atoms with Crippen molar-refractivity contribution in [2.24, 2.45) is 10.1 Å². The molecule has 1 heterocycles. The summed E-state index contributed by atoms with van der Waals surface area (Å²) in [6, 6.07) is 17.5. The van der Waals surface area contributed by atoms with E-state index in [2.05, 4.69) is 10.1 Å². The quantitative estimate of drug-likeness (QED) is 0.551. The number of benzene rings is 2. The minimum Gasteiger partial charge on any atom is -0.466 e. The monoisotopic (exact) mass is 381 g/mol. The smallest absolute Gasteiger partial charge is 0.311 e. The van der Waals surface area contributed by atoms with Crippen molar-refractivity contribution in [1.29, 1.82) is 0 Å². The largest absolute Gasteiger partial charge is 0.466 e. The molecule has 0 N–H and O–H groups in total. The zero-order valence-corrected chi connectivity index (χ0v) is 15.8. The molecule has 0 saturated heterocycles. The summed E-state index contributed by atoms with van der Waals surface area (Å²) in [5, 5.41) is 6.88. The Hall–Kier alpha value is -2.92. The molecule has 2 aromatic carbocycles. The summed E-state index contributed by atoms with van der Waals surface area (Å²) in [5.74, 6) is -0.297. The fourth-order valence-electron chi connectivity index (χ4n) is 2.64. The molecule has 138 valence electrons. The van der Waals surface area contributed by atoms with Crippen molar-refractivity contribution in [3.63, 3.8) is 0 Å². The summed E-state index contributed by atoms with van der Waals surface area (Å²) in [7, 11) is 0. The lowest BCUT2D eigenvalue weighted by molar-refractivity contribution is -0.141. The maximum atomic E-state index is 11.5. The molecular weight excluding hydrogens is 362 g/mol. The van der Waals surface area contributed by atoms with Crippen LogP contribution in [0.25, 0.3) is 5.70 Å². The standard InChI is InChI=1S/C21H20ClN3O2/c1-2-27-21(26)12-13-24-25-15-23-19(16-8-10-18(22)11-9-16)14-20(25)17-6-4-3-5-7-17/h3-11,13-14H,2,12,15H2,1H3/b24-13-. The van der Waals surface area contributed by atoms with E-state index in [1.807, 2.05) is 60.7 Å². The number of hydrogen-bond acceptors (Lipinski definition) is 5. The van der Waals surface area contributed by atoms with E-state index < -0.39 is 0 Å². The van der Waals surface area contributed by atoms with Crippen molar-refractivity contribution < 1.29 is 9.53 Å². The first-order chi connectivity index (χ1) is 13.2. The highest BCUT2D eigenvalue weighted by atomic mass is 35.5. The van der Waals surface area contributed by atoms with Crippen LogP contribution in [0.3, 0.4) is 0 Å². The zero-order valence-electron chi connectivity index (χ0n) is 15.0. The number of nitrogens with zero attached hydrogens (tertiary/aromatic N) is 3. The lowest BCUT2D eigenvalue weighted by Gasteiger charge is -2.25. The van der Waals surface area contributed by atoms with E-state index in [0.29, 0.717) is 18.3 Å². The second-order valence-electron chi connectivity index (χ2n) is 5.79. The summed E-state index contributed by atoms with van der Waals surface area (Å²) in [5.41, 5.74) is 3.79. The molecule has 0 saturated carbocycles. The predicted octanol–water partition coefficient (Wildman–Crippen LogP) is 4.38. The van der Waals surface area contributed by atoms with Crippen LogP contribution in [0.4, 0.5) is 0 Å². The molecule has 5 nitrogen and oxygen atoms in total. The van der Waals surface area contributed by atoms with Crippen molar-refractivity contribution in [2.45, 2.75) is 13.3 Å². The summed E-state index contributed by atoms with van der Waals surface area (Å²) >= 11 is 5.98. The van der Waals surface area contributed by atoms with Crippen LogP contribution in [0.1, 0.15) is 24.5 Å². The van der Waals surface area contributed by atoms with Crippen LogP contribution < -0.4 is 0 Å². The van der Waals surface area contributed by atoms with Gasteiger partial charge in [-0.3, -0.25) is 9.79 Å². The Kier molecular flexibility index (Phi) is 6.39. The van der Waals surface area contributed by atoms with Crippen molar-refractivity contribution >= 4 is 35.2 Å².